The van der Waals surface area contributed by atoms with Gasteiger partial charge in [-0.15, -0.1) is 24.0 Å². The molecule has 2 heterocycles. The molecule has 0 atom stereocenters. The van der Waals surface area contributed by atoms with E-state index in [2.05, 4.69) is 30.2 Å². The molecule has 0 radical (unpaired) electrons. The third-order valence-electron chi connectivity index (χ3n) is 4.03. The molecule has 1 aromatic rings. The van der Waals surface area contributed by atoms with Crippen molar-refractivity contribution < 1.29 is 17.9 Å². The van der Waals surface area contributed by atoms with Gasteiger partial charge in [-0.2, -0.15) is 13.2 Å². The Balaban J connectivity index is 0.00000364. The zero-order valence-corrected chi connectivity index (χ0v) is 17.7. The van der Waals surface area contributed by atoms with E-state index in [0.717, 1.165) is 31.7 Å². The number of aromatic nitrogens is 1. The lowest BCUT2D eigenvalue weighted by molar-refractivity contribution is -0.154. The summed E-state index contributed by atoms with van der Waals surface area (Å²) in [5.41, 5.74) is 0.823. The molecule has 1 saturated heterocycles. The van der Waals surface area contributed by atoms with Crippen molar-refractivity contribution in [1.29, 1.82) is 0 Å². The fourth-order valence-electron chi connectivity index (χ4n) is 2.68. The zero-order chi connectivity index (χ0) is 18.8. The monoisotopic (exact) mass is 501 g/mol. The van der Waals surface area contributed by atoms with Gasteiger partial charge in [0.05, 0.1) is 0 Å². The Bertz CT molecular complexity index is 563. The average Bonchev–Trinajstić information content (AvgIpc) is 2.64. The van der Waals surface area contributed by atoms with Gasteiger partial charge in [-0.1, -0.05) is 12.5 Å². The number of hydrogen-bond acceptors (Lipinski definition) is 4. The van der Waals surface area contributed by atoms with Crippen molar-refractivity contribution in [2.75, 3.05) is 39.8 Å². The van der Waals surface area contributed by atoms with Crippen molar-refractivity contribution in [3.8, 4) is 5.88 Å². The van der Waals surface area contributed by atoms with Gasteiger partial charge in [0.2, 0.25) is 5.88 Å². The minimum atomic E-state index is -4.37. The van der Waals surface area contributed by atoms with Crippen molar-refractivity contribution in [3.05, 3.63) is 23.9 Å². The molecule has 154 valence electrons. The quantitative estimate of drug-likeness (QED) is 0.342. The van der Waals surface area contributed by atoms with E-state index in [1.807, 2.05) is 0 Å². The Morgan fingerprint density at radius 2 is 1.96 bits per heavy atom. The second kappa shape index (κ2) is 12.2. The van der Waals surface area contributed by atoms with E-state index in [0.29, 0.717) is 12.5 Å². The maximum absolute atomic E-state index is 12.1. The normalized spacial score (nSPS) is 15.8. The third-order valence-corrected chi connectivity index (χ3v) is 4.03. The molecule has 2 N–H and O–H groups in total. The SMILES string of the molecule is CN=C(NCCN1CCCCC1)NCc1ccc(OCC(F)(F)F)nc1.I. The molecule has 10 heteroatoms. The van der Waals surface area contributed by atoms with Crippen molar-refractivity contribution >= 4 is 29.9 Å². The molecule has 0 saturated carbocycles. The first-order valence-corrected chi connectivity index (χ1v) is 8.77. The summed E-state index contributed by atoms with van der Waals surface area (Å²) in [6, 6.07) is 3.10. The maximum atomic E-state index is 12.1. The Morgan fingerprint density at radius 1 is 1.22 bits per heavy atom. The topological polar surface area (TPSA) is 61.8 Å². The number of aliphatic imine (C=N–C) groups is 1. The van der Waals surface area contributed by atoms with Gasteiger partial charge in [0.15, 0.2) is 12.6 Å². The Labute approximate surface area is 175 Å². The molecule has 0 amide bonds. The van der Waals surface area contributed by atoms with Crippen molar-refractivity contribution in [3.63, 3.8) is 0 Å². The van der Waals surface area contributed by atoms with Crippen LogP contribution in [-0.2, 0) is 6.54 Å². The number of hydrogen-bond donors (Lipinski definition) is 2. The van der Waals surface area contributed by atoms with Gasteiger partial charge in [0, 0.05) is 38.9 Å². The minimum Gasteiger partial charge on any atom is -0.468 e. The number of halogens is 4. The number of ether oxygens (including phenoxy) is 1. The number of likely N-dealkylation sites (tertiary alicyclic amines) is 1. The fourth-order valence-corrected chi connectivity index (χ4v) is 2.68. The van der Waals surface area contributed by atoms with Crippen molar-refractivity contribution in [2.24, 2.45) is 4.99 Å². The van der Waals surface area contributed by atoms with Gasteiger partial charge >= 0.3 is 6.18 Å². The number of nitrogens with zero attached hydrogens (tertiary/aromatic N) is 3. The van der Waals surface area contributed by atoms with Gasteiger partial charge in [-0.25, -0.2) is 4.98 Å². The summed E-state index contributed by atoms with van der Waals surface area (Å²) >= 11 is 0. The molecule has 1 aromatic heterocycles. The summed E-state index contributed by atoms with van der Waals surface area (Å²) in [5.74, 6) is 0.634. The van der Waals surface area contributed by atoms with E-state index >= 15 is 0 Å². The predicted octanol–water partition coefficient (Wildman–Crippen LogP) is 2.79. The van der Waals surface area contributed by atoms with Gasteiger partial charge < -0.3 is 20.3 Å². The number of piperidine rings is 1. The molecule has 27 heavy (non-hydrogen) atoms. The largest absolute Gasteiger partial charge is 0.468 e. The maximum Gasteiger partial charge on any atom is 0.422 e. The molecule has 2 rings (SSSR count). The lowest BCUT2D eigenvalue weighted by Gasteiger charge is -2.26. The van der Waals surface area contributed by atoms with Crippen molar-refractivity contribution in [2.45, 2.75) is 32.0 Å². The molecule has 0 aliphatic carbocycles. The van der Waals surface area contributed by atoms with Crippen LogP contribution in [0.4, 0.5) is 13.2 Å². The average molecular weight is 501 g/mol. The molecule has 0 spiro atoms. The smallest absolute Gasteiger partial charge is 0.422 e. The minimum absolute atomic E-state index is 0. The summed E-state index contributed by atoms with van der Waals surface area (Å²) in [6.45, 7) is 3.22. The number of guanidine groups is 1. The van der Waals surface area contributed by atoms with Crippen molar-refractivity contribution in [1.82, 2.24) is 20.5 Å². The first-order chi connectivity index (χ1) is 12.5. The predicted molar refractivity (Wildman–Crippen MR) is 110 cm³/mol. The second-order valence-corrected chi connectivity index (χ2v) is 6.16. The molecule has 0 bridgehead atoms. The highest BCUT2D eigenvalue weighted by molar-refractivity contribution is 14.0. The fraction of sp³-hybridized carbons (Fsp3) is 0.647. The molecule has 1 fully saturated rings. The summed E-state index contributed by atoms with van der Waals surface area (Å²) in [5, 5.41) is 6.42. The molecule has 0 unspecified atom stereocenters. The van der Waals surface area contributed by atoms with E-state index in [9.17, 15) is 13.2 Å². The van der Waals surface area contributed by atoms with Crippen LogP contribution in [0.3, 0.4) is 0 Å². The first-order valence-electron chi connectivity index (χ1n) is 8.77. The number of nitrogens with one attached hydrogen (secondary N) is 2. The van der Waals surface area contributed by atoms with E-state index in [1.165, 1.54) is 31.5 Å². The summed E-state index contributed by atoms with van der Waals surface area (Å²) < 4.78 is 40.9. The first kappa shape index (κ1) is 23.7. The van der Waals surface area contributed by atoms with Crippen LogP contribution in [0.2, 0.25) is 0 Å². The highest BCUT2D eigenvalue weighted by atomic mass is 127. The van der Waals surface area contributed by atoms with E-state index in [-0.39, 0.29) is 29.9 Å². The highest BCUT2D eigenvalue weighted by Gasteiger charge is 2.28. The van der Waals surface area contributed by atoms with E-state index < -0.39 is 12.8 Å². The van der Waals surface area contributed by atoms with Gasteiger partial charge in [0.25, 0.3) is 0 Å². The second-order valence-electron chi connectivity index (χ2n) is 6.16. The van der Waals surface area contributed by atoms with Crippen LogP contribution in [0.1, 0.15) is 24.8 Å². The highest BCUT2D eigenvalue weighted by Crippen LogP contribution is 2.17. The number of pyridine rings is 1. The lowest BCUT2D eigenvalue weighted by atomic mass is 10.1. The number of rotatable bonds is 7. The Kier molecular flexibility index (Phi) is 10.7. The van der Waals surface area contributed by atoms with Crippen LogP contribution in [0.15, 0.2) is 23.3 Å². The van der Waals surface area contributed by atoms with Crippen LogP contribution in [0.5, 0.6) is 5.88 Å². The molecular formula is C17H27F3IN5O. The summed E-state index contributed by atoms with van der Waals surface area (Å²) in [7, 11) is 1.70. The van der Waals surface area contributed by atoms with E-state index in [1.54, 1.807) is 13.1 Å². The zero-order valence-electron chi connectivity index (χ0n) is 15.4. The summed E-state index contributed by atoms with van der Waals surface area (Å²) in [6.07, 6.45) is 0.973. The summed E-state index contributed by atoms with van der Waals surface area (Å²) in [4.78, 5) is 10.5. The van der Waals surface area contributed by atoms with Crippen LogP contribution in [-0.4, -0.2) is 61.9 Å². The van der Waals surface area contributed by atoms with E-state index in [4.69, 9.17) is 0 Å². The lowest BCUT2D eigenvalue weighted by Crippen LogP contribution is -2.42. The molecule has 1 aliphatic heterocycles. The standard InChI is InChI=1S/C17H26F3N5O.HI/c1-21-16(22-7-10-25-8-3-2-4-9-25)24-12-14-5-6-15(23-11-14)26-13-17(18,19)20;/h5-6,11H,2-4,7-10,12-13H2,1H3,(H2,21,22,24);1H. The Hall–Kier alpha value is -1.30. The molecule has 0 aromatic carbocycles. The van der Waals surface area contributed by atoms with Gasteiger partial charge in [0.1, 0.15) is 0 Å². The van der Waals surface area contributed by atoms with Gasteiger partial charge in [-0.3, -0.25) is 4.99 Å². The number of alkyl halides is 3. The molecule has 6 nitrogen and oxygen atoms in total. The Morgan fingerprint density at radius 3 is 2.56 bits per heavy atom. The van der Waals surface area contributed by atoms with Gasteiger partial charge in [-0.05, 0) is 31.5 Å². The van der Waals surface area contributed by atoms with Crippen LogP contribution >= 0.6 is 24.0 Å². The van der Waals surface area contributed by atoms with Crippen LogP contribution < -0.4 is 15.4 Å². The van der Waals surface area contributed by atoms with Crippen LogP contribution in [0.25, 0.3) is 0 Å². The van der Waals surface area contributed by atoms with Crippen LogP contribution in [0, 0.1) is 0 Å². The molecular weight excluding hydrogens is 474 g/mol. The third kappa shape index (κ3) is 9.99. The molecule has 1 aliphatic rings.